The molecule has 0 aromatic carbocycles. The maximum Gasteiger partial charge on any atom is 0.234 e. The van der Waals surface area contributed by atoms with E-state index < -0.39 is 0 Å². The first-order valence-electron chi connectivity index (χ1n) is 5.79. The van der Waals surface area contributed by atoms with Crippen molar-refractivity contribution in [1.82, 2.24) is 9.88 Å². The van der Waals surface area contributed by atoms with Crippen molar-refractivity contribution in [3.63, 3.8) is 0 Å². The Balaban J connectivity index is 1.83. The van der Waals surface area contributed by atoms with Crippen molar-refractivity contribution in [2.45, 2.75) is 11.9 Å². The van der Waals surface area contributed by atoms with Crippen molar-refractivity contribution >= 4 is 44.9 Å². The highest BCUT2D eigenvalue weighted by atomic mass is 79.9. The third-order valence-corrected chi connectivity index (χ3v) is 5.94. The number of halogens is 1. The van der Waals surface area contributed by atoms with Crippen molar-refractivity contribution in [2.24, 2.45) is 0 Å². The first kappa shape index (κ1) is 13.1. The molecule has 1 unspecified atom stereocenters. The van der Waals surface area contributed by atoms with E-state index in [0.29, 0.717) is 12.3 Å². The summed E-state index contributed by atoms with van der Waals surface area (Å²) < 4.78 is 1.10. The van der Waals surface area contributed by atoms with Crippen LogP contribution in [0.1, 0.15) is 15.8 Å². The maximum absolute atomic E-state index is 12.0. The molecule has 1 atom stereocenters. The summed E-state index contributed by atoms with van der Waals surface area (Å²) in [7, 11) is 0. The van der Waals surface area contributed by atoms with Crippen molar-refractivity contribution in [1.29, 1.82) is 0 Å². The number of pyridine rings is 1. The summed E-state index contributed by atoms with van der Waals surface area (Å²) in [6.45, 7) is 0.625. The number of hydrogen-bond donors (Lipinski definition) is 0. The number of thioether (sulfide) groups is 1. The highest BCUT2D eigenvalue weighted by Gasteiger charge is 2.33. The fourth-order valence-corrected chi connectivity index (χ4v) is 4.86. The number of amides is 1. The summed E-state index contributed by atoms with van der Waals surface area (Å²) in [5, 5.41) is 0.129. The van der Waals surface area contributed by atoms with Gasteiger partial charge >= 0.3 is 0 Å². The molecule has 0 bridgehead atoms. The molecule has 1 amide bonds. The maximum atomic E-state index is 12.0. The lowest BCUT2D eigenvalue weighted by Crippen LogP contribution is -2.27. The van der Waals surface area contributed by atoms with Crippen LogP contribution in [-0.2, 0) is 11.3 Å². The van der Waals surface area contributed by atoms with Crippen LogP contribution in [0.2, 0.25) is 0 Å². The topological polar surface area (TPSA) is 33.2 Å². The first-order chi connectivity index (χ1) is 9.24. The Morgan fingerprint density at radius 1 is 1.42 bits per heavy atom. The molecule has 3 heterocycles. The zero-order chi connectivity index (χ0) is 13.2. The van der Waals surface area contributed by atoms with Gasteiger partial charge in [0.05, 0.1) is 9.54 Å². The van der Waals surface area contributed by atoms with Crippen molar-refractivity contribution in [3.8, 4) is 0 Å². The summed E-state index contributed by atoms with van der Waals surface area (Å²) in [5.74, 6) is 0.754. The minimum atomic E-state index is 0.129. The summed E-state index contributed by atoms with van der Waals surface area (Å²) in [5.41, 5.74) is 1.07. The van der Waals surface area contributed by atoms with Crippen LogP contribution < -0.4 is 0 Å². The Kier molecular flexibility index (Phi) is 3.91. The molecular formula is C13H11BrN2OS2. The van der Waals surface area contributed by atoms with E-state index in [1.807, 2.05) is 29.3 Å². The highest BCUT2D eigenvalue weighted by Crippen LogP contribution is 2.43. The molecule has 2 aromatic rings. The lowest BCUT2D eigenvalue weighted by Gasteiger charge is -2.22. The van der Waals surface area contributed by atoms with E-state index in [1.165, 1.54) is 4.88 Å². The second kappa shape index (κ2) is 5.64. The Hall–Kier alpha value is -0.850. The molecule has 0 saturated carbocycles. The molecule has 0 N–H and O–H groups in total. The van der Waals surface area contributed by atoms with E-state index in [0.717, 1.165) is 9.35 Å². The molecular weight excluding hydrogens is 344 g/mol. The third kappa shape index (κ3) is 2.85. The van der Waals surface area contributed by atoms with Gasteiger partial charge in [0.15, 0.2) is 0 Å². The Bertz CT molecular complexity index is 587. The molecule has 0 radical (unpaired) electrons. The summed E-state index contributed by atoms with van der Waals surface area (Å²) in [6.07, 6.45) is 3.57. The second-order valence-corrected chi connectivity index (χ2v) is 7.75. The minimum absolute atomic E-state index is 0.129. The molecule has 3 nitrogen and oxygen atoms in total. The SMILES string of the molecule is O=C1CSC(c2ccc(Br)s2)N1Cc1cccnc1. The summed E-state index contributed by atoms with van der Waals surface area (Å²) in [6, 6.07) is 8.03. The fourth-order valence-electron chi connectivity index (χ4n) is 2.01. The normalized spacial score (nSPS) is 19.1. The standard InChI is InChI=1S/C13H11BrN2OS2/c14-11-4-3-10(19-11)13-16(12(17)8-18-13)7-9-2-1-5-15-6-9/h1-6,13H,7-8H2. The smallest absolute Gasteiger partial charge is 0.234 e. The van der Waals surface area contributed by atoms with Crippen LogP contribution in [0.4, 0.5) is 0 Å². The second-order valence-electron chi connectivity index (χ2n) is 4.19. The predicted molar refractivity (Wildman–Crippen MR) is 82.0 cm³/mol. The number of carbonyl (C=O) groups excluding carboxylic acids is 1. The fraction of sp³-hybridized carbons (Fsp3) is 0.231. The van der Waals surface area contributed by atoms with Crippen LogP contribution in [0.5, 0.6) is 0 Å². The molecule has 0 aliphatic carbocycles. The first-order valence-corrected chi connectivity index (χ1v) is 8.45. The van der Waals surface area contributed by atoms with E-state index in [2.05, 4.69) is 27.0 Å². The average Bonchev–Trinajstić information content (AvgIpc) is 2.99. The van der Waals surface area contributed by atoms with Crippen molar-refractivity contribution in [3.05, 3.63) is 50.9 Å². The van der Waals surface area contributed by atoms with E-state index in [1.54, 1.807) is 29.3 Å². The lowest BCUT2D eigenvalue weighted by molar-refractivity contribution is -0.128. The minimum Gasteiger partial charge on any atom is -0.321 e. The average molecular weight is 355 g/mol. The van der Waals surface area contributed by atoms with E-state index in [-0.39, 0.29) is 11.3 Å². The van der Waals surface area contributed by atoms with Gasteiger partial charge in [-0.05, 0) is 39.7 Å². The number of carbonyl (C=O) groups is 1. The van der Waals surface area contributed by atoms with Crippen molar-refractivity contribution in [2.75, 3.05) is 5.75 Å². The predicted octanol–water partition coefficient (Wildman–Crippen LogP) is 3.68. The van der Waals surface area contributed by atoms with Crippen LogP contribution in [0.3, 0.4) is 0 Å². The Morgan fingerprint density at radius 2 is 2.32 bits per heavy atom. The van der Waals surface area contributed by atoms with Crippen LogP contribution in [0, 0.1) is 0 Å². The zero-order valence-corrected chi connectivity index (χ0v) is 13.2. The molecule has 1 aliphatic heterocycles. The molecule has 0 spiro atoms. The Morgan fingerprint density at radius 3 is 3.00 bits per heavy atom. The highest BCUT2D eigenvalue weighted by molar-refractivity contribution is 9.11. The van der Waals surface area contributed by atoms with E-state index in [4.69, 9.17) is 0 Å². The van der Waals surface area contributed by atoms with Crippen LogP contribution >= 0.6 is 39.0 Å². The van der Waals surface area contributed by atoms with Crippen LogP contribution in [0.25, 0.3) is 0 Å². The van der Waals surface area contributed by atoms with Gasteiger partial charge in [0, 0.05) is 23.8 Å². The van der Waals surface area contributed by atoms with E-state index >= 15 is 0 Å². The number of hydrogen-bond acceptors (Lipinski definition) is 4. The molecule has 1 aliphatic rings. The van der Waals surface area contributed by atoms with Gasteiger partial charge in [-0.1, -0.05) is 6.07 Å². The molecule has 1 fully saturated rings. The van der Waals surface area contributed by atoms with Gasteiger partial charge in [-0.3, -0.25) is 9.78 Å². The summed E-state index contributed by atoms with van der Waals surface area (Å²) in [4.78, 5) is 19.3. The molecule has 3 rings (SSSR count). The molecule has 1 saturated heterocycles. The number of thiophene rings is 1. The lowest BCUT2D eigenvalue weighted by atomic mass is 10.2. The van der Waals surface area contributed by atoms with Gasteiger partial charge in [-0.15, -0.1) is 23.1 Å². The molecule has 19 heavy (non-hydrogen) atoms. The van der Waals surface area contributed by atoms with Gasteiger partial charge in [0.25, 0.3) is 0 Å². The van der Waals surface area contributed by atoms with Gasteiger partial charge in [0.2, 0.25) is 5.91 Å². The quantitative estimate of drug-likeness (QED) is 0.842. The van der Waals surface area contributed by atoms with Gasteiger partial charge < -0.3 is 4.90 Å². The van der Waals surface area contributed by atoms with E-state index in [9.17, 15) is 4.79 Å². The monoisotopic (exact) mass is 354 g/mol. The van der Waals surface area contributed by atoms with Crippen LogP contribution in [-0.4, -0.2) is 21.5 Å². The van der Waals surface area contributed by atoms with Gasteiger partial charge in [-0.2, -0.15) is 0 Å². The van der Waals surface area contributed by atoms with Gasteiger partial charge in [0.1, 0.15) is 5.37 Å². The zero-order valence-electron chi connectivity index (χ0n) is 9.95. The molecule has 98 valence electrons. The summed E-state index contributed by atoms with van der Waals surface area (Å²) >= 11 is 6.85. The molecule has 2 aromatic heterocycles. The Labute approximate surface area is 128 Å². The largest absolute Gasteiger partial charge is 0.321 e. The molecule has 6 heteroatoms. The van der Waals surface area contributed by atoms with Crippen molar-refractivity contribution < 1.29 is 4.79 Å². The third-order valence-electron chi connectivity index (χ3n) is 2.88. The van der Waals surface area contributed by atoms with Crippen LogP contribution in [0.15, 0.2) is 40.4 Å². The number of rotatable bonds is 3. The number of aromatic nitrogens is 1. The van der Waals surface area contributed by atoms with Gasteiger partial charge in [-0.25, -0.2) is 0 Å². The number of nitrogens with zero attached hydrogens (tertiary/aromatic N) is 2.